The second-order valence-corrected chi connectivity index (χ2v) is 4.18. The number of aliphatic carboxylic acids is 1. The van der Waals surface area contributed by atoms with Crippen LogP contribution in [0.2, 0.25) is 0 Å². The van der Waals surface area contributed by atoms with Crippen molar-refractivity contribution in [3.8, 4) is 11.4 Å². The first-order valence-electron chi connectivity index (χ1n) is 4.94. The third-order valence-electron chi connectivity index (χ3n) is 2.49. The molecule has 2 aromatic rings. The molecule has 0 atom stereocenters. The zero-order valence-electron chi connectivity index (χ0n) is 9.69. The number of aryl methyl sites for hydroxylation is 1. The quantitative estimate of drug-likeness (QED) is 0.798. The lowest BCUT2D eigenvalue weighted by molar-refractivity contribution is -0.146. The molecule has 90 valence electrons. The molecule has 0 aromatic carbocycles. The summed E-state index contributed by atoms with van der Waals surface area (Å²) >= 11 is 0. The van der Waals surface area contributed by atoms with Gasteiger partial charge in [0, 0.05) is 13.2 Å². The average molecular weight is 236 g/mol. The molecule has 8 heteroatoms. The minimum absolute atomic E-state index is 0.380. The number of carboxylic acid groups (broad SMARTS) is 1. The number of rotatable bonds is 3. The number of aromatic nitrogens is 6. The van der Waals surface area contributed by atoms with Gasteiger partial charge >= 0.3 is 5.97 Å². The van der Waals surface area contributed by atoms with Crippen LogP contribution in [0.3, 0.4) is 0 Å². The molecule has 1 N–H and O–H groups in total. The molecule has 0 saturated heterocycles. The molecule has 0 saturated carbocycles. The Morgan fingerprint density at radius 1 is 1.47 bits per heavy atom. The van der Waals surface area contributed by atoms with Crippen LogP contribution in [0.4, 0.5) is 0 Å². The lowest BCUT2D eigenvalue weighted by Gasteiger charge is -2.19. The summed E-state index contributed by atoms with van der Waals surface area (Å²) in [5, 5.41) is 24.2. The third kappa shape index (κ3) is 1.77. The highest BCUT2D eigenvalue weighted by atomic mass is 16.4. The molecule has 17 heavy (non-hydrogen) atoms. The Morgan fingerprint density at radius 2 is 2.18 bits per heavy atom. The van der Waals surface area contributed by atoms with Crippen LogP contribution in [-0.4, -0.2) is 41.1 Å². The zero-order chi connectivity index (χ0) is 12.6. The maximum Gasteiger partial charge on any atom is 0.331 e. The Labute approximate surface area is 96.9 Å². The van der Waals surface area contributed by atoms with Crippen molar-refractivity contribution in [2.75, 3.05) is 0 Å². The number of hydrogen-bond donors (Lipinski definition) is 1. The Hall–Kier alpha value is -2.25. The normalized spacial score (nSPS) is 11.7. The molecule has 0 aliphatic carbocycles. The summed E-state index contributed by atoms with van der Waals surface area (Å²) in [6.07, 6.45) is 3.31. The summed E-state index contributed by atoms with van der Waals surface area (Å²) in [6.45, 7) is 3.07. The number of tetrazole rings is 1. The van der Waals surface area contributed by atoms with Crippen LogP contribution in [0, 0.1) is 0 Å². The summed E-state index contributed by atoms with van der Waals surface area (Å²) in [6, 6.07) is 0. The predicted molar refractivity (Wildman–Crippen MR) is 57.0 cm³/mol. The van der Waals surface area contributed by atoms with Crippen LogP contribution in [-0.2, 0) is 17.4 Å². The van der Waals surface area contributed by atoms with Gasteiger partial charge in [-0.3, -0.25) is 4.68 Å². The van der Waals surface area contributed by atoms with E-state index in [0.29, 0.717) is 11.4 Å². The van der Waals surface area contributed by atoms with E-state index in [0.717, 1.165) is 0 Å². The molecule has 2 heterocycles. The van der Waals surface area contributed by atoms with Crippen molar-refractivity contribution in [2.24, 2.45) is 7.05 Å². The molecule has 0 radical (unpaired) electrons. The minimum atomic E-state index is -1.21. The van der Waals surface area contributed by atoms with Crippen LogP contribution in [0.15, 0.2) is 12.4 Å². The fourth-order valence-electron chi connectivity index (χ4n) is 1.37. The summed E-state index contributed by atoms with van der Waals surface area (Å²) in [4.78, 5) is 11.2. The maximum atomic E-state index is 11.2. The van der Waals surface area contributed by atoms with Crippen molar-refractivity contribution in [1.82, 2.24) is 30.0 Å². The third-order valence-corrected chi connectivity index (χ3v) is 2.49. The smallest absolute Gasteiger partial charge is 0.331 e. The highest BCUT2D eigenvalue weighted by molar-refractivity contribution is 5.76. The van der Waals surface area contributed by atoms with Crippen LogP contribution >= 0.6 is 0 Å². The molecule has 0 aliphatic heterocycles. The molecule has 0 amide bonds. The van der Waals surface area contributed by atoms with E-state index in [1.807, 2.05) is 0 Å². The van der Waals surface area contributed by atoms with Crippen molar-refractivity contribution in [3.63, 3.8) is 0 Å². The molecule has 2 aromatic heterocycles. The summed E-state index contributed by atoms with van der Waals surface area (Å²) in [5.74, 6) is -0.625. The maximum absolute atomic E-state index is 11.2. The van der Waals surface area contributed by atoms with Crippen molar-refractivity contribution in [1.29, 1.82) is 0 Å². The van der Waals surface area contributed by atoms with Gasteiger partial charge in [0.15, 0.2) is 11.4 Å². The van der Waals surface area contributed by atoms with E-state index in [-0.39, 0.29) is 0 Å². The molecule has 0 spiro atoms. The van der Waals surface area contributed by atoms with Gasteiger partial charge in [-0.25, -0.2) is 9.48 Å². The fourth-order valence-corrected chi connectivity index (χ4v) is 1.37. The molecule has 0 bridgehead atoms. The Bertz CT molecular complexity index is 555. The van der Waals surface area contributed by atoms with Crippen molar-refractivity contribution in [2.45, 2.75) is 19.4 Å². The molecule has 8 nitrogen and oxygen atoms in total. The Morgan fingerprint density at radius 3 is 2.71 bits per heavy atom. The van der Waals surface area contributed by atoms with E-state index in [2.05, 4.69) is 20.6 Å². The van der Waals surface area contributed by atoms with Crippen molar-refractivity contribution in [3.05, 3.63) is 12.4 Å². The fraction of sp³-hybridized carbons (Fsp3) is 0.444. The van der Waals surface area contributed by atoms with E-state index >= 15 is 0 Å². The lowest BCUT2D eigenvalue weighted by atomic mass is 10.1. The van der Waals surface area contributed by atoms with Crippen LogP contribution < -0.4 is 0 Å². The zero-order valence-corrected chi connectivity index (χ0v) is 9.69. The molecular weight excluding hydrogens is 224 g/mol. The molecular formula is C9H12N6O2. The van der Waals surface area contributed by atoms with Crippen molar-refractivity contribution < 1.29 is 9.90 Å². The van der Waals surface area contributed by atoms with Gasteiger partial charge in [-0.2, -0.15) is 5.10 Å². The van der Waals surface area contributed by atoms with Gasteiger partial charge in [0.05, 0.1) is 11.8 Å². The number of hydrogen-bond acceptors (Lipinski definition) is 5. The first-order chi connectivity index (χ1) is 7.93. The summed E-state index contributed by atoms with van der Waals surface area (Å²) < 4.78 is 2.87. The SMILES string of the molecule is Cn1cc(-c2nnnn2C(C)(C)C(=O)O)cn1. The monoisotopic (exact) mass is 236 g/mol. The molecule has 0 unspecified atom stereocenters. The molecule has 0 aliphatic rings. The number of carbonyl (C=O) groups is 1. The van der Waals surface area contributed by atoms with Gasteiger partial charge in [0.2, 0.25) is 0 Å². The average Bonchev–Trinajstić information content (AvgIpc) is 2.84. The van der Waals surface area contributed by atoms with E-state index < -0.39 is 11.5 Å². The standard InChI is InChI=1S/C9H12N6O2/c1-9(2,8(16)17)15-7(11-12-13-15)6-4-10-14(3)5-6/h4-5H,1-3H3,(H,16,17). The Balaban J connectivity index is 2.52. The van der Waals surface area contributed by atoms with Gasteiger partial charge in [-0.1, -0.05) is 0 Å². The highest BCUT2D eigenvalue weighted by Gasteiger charge is 2.34. The lowest BCUT2D eigenvalue weighted by Crippen LogP contribution is -2.37. The first-order valence-corrected chi connectivity index (χ1v) is 4.94. The van der Waals surface area contributed by atoms with Crippen LogP contribution in [0.1, 0.15) is 13.8 Å². The molecule has 0 fully saturated rings. The van der Waals surface area contributed by atoms with Crippen molar-refractivity contribution >= 4 is 5.97 Å². The first kappa shape index (κ1) is 11.2. The minimum Gasteiger partial charge on any atom is -0.479 e. The van der Waals surface area contributed by atoms with Gasteiger partial charge in [-0.15, -0.1) is 5.10 Å². The van der Waals surface area contributed by atoms with Crippen LogP contribution in [0.25, 0.3) is 11.4 Å². The number of carboxylic acids is 1. The largest absolute Gasteiger partial charge is 0.479 e. The van der Waals surface area contributed by atoms with E-state index in [1.54, 1.807) is 24.1 Å². The Kier molecular flexibility index (Phi) is 2.41. The van der Waals surface area contributed by atoms with Gasteiger partial charge in [0.1, 0.15) is 0 Å². The predicted octanol–water partition coefficient (Wildman–Crippen LogP) is -0.107. The van der Waals surface area contributed by atoms with E-state index in [9.17, 15) is 4.79 Å². The van der Waals surface area contributed by atoms with E-state index in [1.165, 1.54) is 18.5 Å². The summed E-state index contributed by atoms with van der Waals surface area (Å²) in [5.41, 5.74) is -0.541. The molecule has 2 rings (SSSR count). The second-order valence-electron chi connectivity index (χ2n) is 4.18. The van der Waals surface area contributed by atoms with Crippen LogP contribution in [0.5, 0.6) is 0 Å². The van der Waals surface area contributed by atoms with Gasteiger partial charge in [0.25, 0.3) is 0 Å². The van der Waals surface area contributed by atoms with E-state index in [4.69, 9.17) is 5.11 Å². The summed E-state index contributed by atoms with van der Waals surface area (Å²) in [7, 11) is 1.76. The second kappa shape index (κ2) is 3.65. The highest BCUT2D eigenvalue weighted by Crippen LogP contribution is 2.22. The number of nitrogens with zero attached hydrogens (tertiary/aromatic N) is 6. The van der Waals surface area contributed by atoms with Gasteiger partial charge < -0.3 is 5.11 Å². The van der Waals surface area contributed by atoms with Gasteiger partial charge in [-0.05, 0) is 24.3 Å². The topological polar surface area (TPSA) is 98.7 Å².